The summed E-state index contributed by atoms with van der Waals surface area (Å²) >= 11 is 0. The van der Waals surface area contributed by atoms with Gasteiger partial charge in [0.2, 0.25) is 0 Å². The highest BCUT2D eigenvalue weighted by molar-refractivity contribution is 7.85. The lowest BCUT2D eigenvalue weighted by atomic mass is 9.79. The molecule has 114 valence electrons. The van der Waals surface area contributed by atoms with Gasteiger partial charge in [-0.3, -0.25) is 0 Å². The second-order valence-electron chi connectivity index (χ2n) is 3.64. The predicted octanol–water partition coefficient (Wildman–Crippen LogP) is 1.13. The van der Waals surface area contributed by atoms with Gasteiger partial charge in [-0.15, -0.1) is 9.35 Å². The second-order valence-corrected chi connectivity index (χ2v) is 5.96. The first-order chi connectivity index (χ1) is 8.76. The van der Waals surface area contributed by atoms with Gasteiger partial charge in [0.1, 0.15) is 11.5 Å². The van der Waals surface area contributed by atoms with Crippen molar-refractivity contribution >= 4 is 33.2 Å². The monoisotopic (exact) mass is 339 g/mol. The first kappa shape index (κ1) is 16.7. The fraction of sp³-hybridized carbons (Fsp3) is 0.143. The Kier molecular flexibility index (Phi) is 4.34. The van der Waals surface area contributed by atoms with Crippen LogP contribution in [0.2, 0.25) is 0 Å². The molecule has 13 heteroatoms. The lowest BCUT2D eigenvalue weighted by Gasteiger charge is -2.17. The molecule has 20 heavy (non-hydrogen) atoms. The average molecular weight is 339 g/mol. The van der Waals surface area contributed by atoms with Crippen LogP contribution in [0.4, 0.5) is 20.7 Å². The highest BCUT2D eigenvalue weighted by Gasteiger charge is 2.28. The SMILES string of the molecule is O=S(=O)(F)Cc1cc(OS(=O)(=O)F)cc([B-](F)(F)F)c1. The minimum atomic E-state index is -5.65. The fourth-order valence-electron chi connectivity index (χ4n) is 1.32. The third kappa shape index (κ3) is 5.73. The van der Waals surface area contributed by atoms with Crippen molar-refractivity contribution in [1.29, 1.82) is 0 Å². The molecule has 0 aromatic heterocycles. The zero-order valence-electron chi connectivity index (χ0n) is 9.26. The summed E-state index contributed by atoms with van der Waals surface area (Å²) in [5.41, 5.74) is -2.19. The molecule has 0 spiro atoms. The van der Waals surface area contributed by atoms with Gasteiger partial charge in [-0.25, -0.2) is 0 Å². The molecule has 0 heterocycles. The van der Waals surface area contributed by atoms with Crippen molar-refractivity contribution in [2.45, 2.75) is 5.75 Å². The van der Waals surface area contributed by atoms with Gasteiger partial charge in [0.25, 0.3) is 0 Å². The Morgan fingerprint density at radius 3 is 1.95 bits per heavy atom. The van der Waals surface area contributed by atoms with Crippen LogP contribution in [0.25, 0.3) is 0 Å². The number of rotatable bonds is 5. The molecule has 1 aromatic carbocycles. The lowest BCUT2D eigenvalue weighted by molar-refractivity contribution is 0.439. The van der Waals surface area contributed by atoms with Gasteiger partial charge >= 0.3 is 27.7 Å². The largest absolute Gasteiger partial charge is 0.509 e. The standard InChI is InChI=1S/C7H5BF5O5S2/c9-8(10,11)6-1-5(4-19(12,14)15)2-7(3-6)18-20(13,16)17/h1-3H,4H2/q-1. The number of halogens is 5. The maximum absolute atomic E-state index is 12.5. The highest BCUT2D eigenvalue weighted by atomic mass is 32.3. The Hall–Kier alpha value is -1.37. The summed E-state index contributed by atoms with van der Waals surface area (Å²) in [7, 11) is -10.8. The molecule has 1 aromatic rings. The number of benzene rings is 1. The van der Waals surface area contributed by atoms with Gasteiger partial charge in [-0.2, -0.15) is 16.8 Å². The van der Waals surface area contributed by atoms with Crippen molar-refractivity contribution in [3.05, 3.63) is 23.8 Å². The van der Waals surface area contributed by atoms with Crippen LogP contribution in [-0.2, 0) is 26.5 Å². The van der Waals surface area contributed by atoms with E-state index in [-0.39, 0.29) is 6.07 Å². The van der Waals surface area contributed by atoms with Gasteiger partial charge < -0.3 is 17.1 Å². The smallest absolute Gasteiger partial charge is 0.445 e. The molecule has 0 aliphatic carbocycles. The molecule has 0 N–H and O–H groups in total. The summed E-state index contributed by atoms with van der Waals surface area (Å²) in [6.45, 7) is -5.65. The molecule has 5 nitrogen and oxygen atoms in total. The van der Waals surface area contributed by atoms with E-state index in [0.29, 0.717) is 12.1 Å². The third-order valence-corrected chi connectivity index (χ3v) is 2.97. The Balaban J connectivity index is 3.36. The van der Waals surface area contributed by atoms with E-state index in [0.717, 1.165) is 0 Å². The van der Waals surface area contributed by atoms with E-state index in [1.807, 2.05) is 0 Å². The maximum atomic E-state index is 12.5. The van der Waals surface area contributed by atoms with Crippen molar-refractivity contribution in [3.8, 4) is 5.75 Å². The Labute approximate surface area is 111 Å². The minimum Gasteiger partial charge on any atom is -0.445 e. The molecule has 1 rings (SSSR count). The minimum absolute atomic E-state index is 0.158. The van der Waals surface area contributed by atoms with E-state index in [1.165, 1.54) is 0 Å². The zero-order valence-corrected chi connectivity index (χ0v) is 10.9. The van der Waals surface area contributed by atoms with Gasteiger partial charge in [-0.05, 0) is 17.7 Å². The highest BCUT2D eigenvalue weighted by Crippen LogP contribution is 2.21. The summed E-state index contributed by atoms with van der Waals surface area (Å²) in [6, 6.07) is 0.930. The van der Waals surface area contributed by atoms with E-state index in [9.17, 15) is 37.6 Å². The van der Waals surface area contributed by atoms with Crippen LogP contribution >= 0.6 is 0 Å². The molecule has 0 aliphatic rings. The molecule has 0 atom stereocenters. The molecule has 0 saturated carbocycles. The quantitative estimate of drug-likeness (QED) is 0.457. The topological polar surface area (TPSA) is 77.5 Å². The first-order valence-corrected chi connectivity index (χ1v) is 7.52. The Morgan fingerprint density at radius 1 is 1.00 bits per heavy atom. The average Bonchev–Trinajstić information content (AvgIpc) is 2.09. The Morgan fingerprint density at radius 2 is 1.55 bits per heavy atom. The van der Waals surface area contributed by atoms with Crippen LogP contribution in [0.1, 0.15) is 5.56 Å². The van der Waals surface area contributed by atoms with Crippen molar-refractivity contribution < 1.29 is 41.7 Å². The number of hydrogen-bond donors (Lipinski definition) is 0. The Bertz CT molecular complexity index is 659. The molecule has 0 saturated heterocycles. The van der Waals surface area contributed by atoms with Crippen LogP contribution in [-0.4, -0.2) is 23.8 Å². The molecule has 0 amide bonds. The van der Waals surface area contributed by atoms with Crippen molar-refractivity contribution in [1.82, 2.24) is 0 Å². The molecular formula is C7H5BF5O5S2-. The van der Waals surface area contributed by atoms with Crippen LogP contribution in [0.15, 0.2) is 18.2 Å². The third-order valence-electron chi connectivity index (χ3n) is 1.90. The summed E-state index contributed by atoms with van der Waals surface area (Å²) in [4.78, 5) is 0. The predicted molar refractivity (Wildman–Crippen MR) is 59.5 cm³/mol. The van der Waals surface area contributed by atoms with Gasteiger partial charge in [0, 0.05) is 0 Å². The normalized spacial score (nSPS) is 13.2. The van der Waals surface area contributed by atoms with Crippen LogP contribution in [0.3, 0.4) is 0 Å². The second kappa shape index (κ2) is 5.20. The van der Waals surface area contributed by atoms with Crippen molar-refractivity contribution in [2.75, 3.05) is 0 Å². The summed E-state index contributed by atoms with van der Waals surface area (Å²) in [5, 5.41) is 0. The summed E-state index contributed by atoms with van der Waals surface area (Å²) in [6.07, 6.45) is 0. The molecular weight excluding hydrogens is 334 g/mol. The van der Waals surface area contributed by atoms with E-state index >= 15 is 0 Å². The lowest BCUT2D eigenvalue weighted by Crippen LogP contribution is -2.34. The van der Waals surface area contributed by atoms with Crippen molar-refractivity contribution in [2.24, 2.45) is 0 Å². The first-order valence-electron chi connectivity index (χ1n) is 4.66. The molecule has 0 fully saturated rings. The summed E-state index contributed by atoms with van der Waals surface area (Å²) < 4.78 is 107. The molecule has 0 aliphatic heterocycles. The van der Waals surface area contributed by atoms with Crippen molar-refractivity contribution in [3.63, 3.8) is 0 Å². The van der Waals surface area contributed by atoms with Crippen LogP contribution < -0.4 is 9.65 Å². The molecule has 0 bridgehead atoms. The molecule has 0 unspecified atom stereocenters. The maximum Gasteiger partial charge on any atom is 0.509 e. The van der Waals surface area contributed by atoms with E-state index in [1.54, 1.807) is 0 Å². The zero-order chi connectivity index (χ0) is 15.8. The molecule has 0 radical (unpaired) electrons. The number of hydrogen-bond acceptors (Lipinski definition) is 5. The van der Waals surface area contributed by atoms with Gasteiger partial charge in [0.15, 0.2) is 0 Å². The fourth-order valence-corrected chi connectivity index (χ4v) is 2.21. The van der Waals surface area contributed by atoms with Crippen LogP contribution in [0, 0.1) is 0 Å². The van der Waals surface area contributed by atoms with E-state index in [2.05, 4.69) is 4.18 Å². The van der Waals surface area contributed by atoms with E-state index < -0.39 is 50.2 Å². The van der Waals surface area contributed by atoms with Crippen LogP contribution in [0.5, 0.6) is 5.75 Å². The van der Waals surface area contributed by atoms with E-state index in [4.69, 9.17) is 0 Å². The summed E-state index contributed by atoms with van der Waals surface area (Å²) in [5.74, 6) is -2.54. The van der Waals surface area contributed by atoms with Gasteiger partial charge in [0.05, 0.1) is 0 Å². The van der Waals surface area contributed by atoms with Gasteiger partial charge in [-0.1, -0.05) is 9.95 Å².